The fraction of sp³-hybridized carbons (Fsp3) is 0.208. The van der Waals surface area contributed by atoms with Gasteiger partial charge in [0.15, 0.2) is 6.61 Å². The first-order valence-electron chi connectivity index (χ1n) is 10.2. The van der Waals surface area contributed by atoms with E-state index in [0.29, 0.717) is 24.5 Å². The smallest absolute Gasteiger partial charge is 0.255 e. The van der Waals surface area contributed by atoms with Crippen molar-refractivity contribution in [1.82, 2.24) is 5.32 Å². The quantitative estimate of drug-likeness (QED) is 0.331. The van der Waals surface area contributed by atoms with E-state index >= 15 is 0 Å². The molecule has 0 saturated carbocycles. The number of benzene rings is 3. The highest BCUT2D eigenvalue weighted by Crippen LogP contribution is 2.25. The largest absolute Gasteiger partial charge is 0.484 e. The molecular weight excluding hydrogens is 499 g/mol. The van der Waals surface area contributed by atoms with Crippen LogP contribution in [0.5, 0.6) is 5.75 Å². The lowest BCUT2D eigenvalue weighted by atomic mass is 10.1. The zero-order chi connectivity index (χ0) is 23.8. The van der Waals surface area contributed by atoms with Crippen LogP contribution in [0, 0.1) is 0 Å². The van der Waals surface area contributed by atoms with Gasteiger partial charge in [-0.05, 0) is 66.6 Å². The highest BCUT2D eigenvalue weighted by molar-refractivity contribution is 7.91. The van der Waals surface area contributed by atoms with Gasteiger partial charge in [0.25, 0.3) is 5.91 Å². The van der Waals surface area contributed by atoms with Gasteiger partial charge in [0.1, 0.15) is 5.75 Å². The van der Waals surface area contributed by atoms with Crippen LogP contribution in [0.2, 0.25) is 5.02 Å². The van der Waals surface area contributed by atoms with Gasteiger partial charge in [0.2, 0.25) is 9.84 Å². The zero-order valence-electron chi connectivity index (χ0n) is 18.2. The van der Waals surface area contributed by atoms with Gasteiger partial charge in [-0.3, -0.25) is 4.79 Å². The van der Waals surface area contributed by atoms with Crippen LogP contribution >= 0.6 is 24.0 Å². The van der Waals surface area contributed by atoms with Crippen LogP contribution in [0.4, 0.5) is 0 Å². The van der Waals surface area contributed by atoms with Crippen molar-refractivity contribution in [3.8, 4) is 5.75 Å². The lowest BCUT2D eigenvalue weighted by Crippen LogP contribution is -2.23. The van der Waals surface area contributed by atoms with Crippen molar-refractivity contribution in [3.63, 3.8) is 0 Å². The number of carbonyl (C=O) groups is 1. The molecule has 7 nitrogen and oxygen atoms in total. The summed E-state index contributed by atoms with van der Waals surface area (Å²) in [7, 11) is -3.74. The van der Waals surface area contributed by atoms with Crippen LogP contribution in [0.3, 0.4) is 0 Å². The Morgan fingerprint density at radius 3 is 2.41 bits per heavy atom. The summed E-state index contributed by atoms with van der Waals surface area (Å²) in [5, 5.41) is 14.0. The molecule has 0 fully saturated rings. The van der Waals surface area contributed by atoms with E-state index in [1.54, 1.807) is 54.6 Å². The van der Waals surface area contributed by atoms with Gasteiger partial charge in [-0.15, -0.1) is 12.4 Å². The Labute approximate surface area is 210 Å². The summed E-state index contributed by atoms with van der Waals surface area (Å²) in [4.78, 5) is 11.1. The third-order valence-electron chi connectivity index (χ3n) is 4.89. The van der Waals surface area contributed by atoms with E-state index in [1.165, 1.54) is 12.1 Å². The van der Waals surface area contributed by atoms with Crippen molar-refractivity contribution in [2.45, 2.75) is 22.3 Å². The third kappa shape index (κ3) is 7.72. The Balaban J connectivity index is 0.00000408. The number of ether oxygens (including phenoxy) is 1. The van der Waals surface area contributed by atoms with Crippen LogP contribution in [0.25, 0.3) is 0 Å². The van der Waals surface area contributed by atoms with Crippen LogP contribution in [0.15, 0.2) is 82.6 Å². The molecule has 0 spiro atoms. The number of aliphatic hydroxyl groups excluding tert-OH is 1. The number of nitrogens with two attached hydrogens (primary N) is 1. The average Bonchev–Trinajstić information content (AvgIpc) is 2.81. The Kier molecular flexibility index (Phi) is 10.3. The van der Waals surface area contributed by atoms with E-state index in [4.69, 9.17) is 22.1 Å². The van der Waals surface area contributed by atoms with E-state index in [1.807, 2.05) is 6.07 Å². The molecule has 0 aromatic heterocycles. The van der Waals surface area contributed by atoms with Gasteiger partial charge in [0.05, 0.1) is 15.9 Å². The van der Waals surface area contributed by atoms with E-state index in [9.17, 15) is 18.3 Å². The summed E-state index contributed by atoms with van der Waals surface area (Å²) in [5.74, 6) is -0.398. The standard InChI is InChI=1S/C24H25ClN2O5S.ClH/c25-19-4-1-3-18(13-19)23(28)15-27-12-11-17-7-9-21(10-8-17)33(30,31)22-6-2-5-20(14-22)32-16-24(26)29;/h1-10,13-14,23,27-28H,11-12,15-16H2,(H2,26,29);1H/t23-;/m0./s1. The second kappa shape index (κ2) is 12.7. The van der Waals surface area contributed by atoms with Gasteiger partial charge in [-0.25, -0.2) is 8.42 Å². The number of primary amides is 1. The Bertz CT molecular complexity index is 1200. The summed E-state index contributed by atoms with van der Waals surface area (Å²) in [6.07, 6.45) is -0.00194. The molecule has 0 aliphatic rings. The fourth-order valence-electron chi connectivity index (χ4n) is 3.16. The number of amides is 1. The van der Waals surface area contributed by atoms with E-state index in [-0.39, 0.29) is 34.6 Å². The average molecular weight is 525 g/mol. The van der Waals surface area contributed by atoms with Gasteiger partial charge < -0.3 is 20.9 Å². The van der Waals surface area contributed by atoms with Crippen LogP contribution < -0.4 is 15.8 Å². The summed E-state index contributed by atoms with van der Waals surface area (Å²) in [6, 6.07) is 19.7. The van der Waals surface area contributed by atoms with Crippen LogP contribution in [0.1, 0.15) is 17.2 Å². The number of aliphatic hydroxyl groups is 1. The van der Waals surface area contributed by atoms with Gasteiger partial charge >= 0.3 is 0 Å². The number of carbonyl (C=O) groups excluding carboxylic acids is 1. The predicted octanol–water partition coefficient (Wildman–Crippen LogP) is 3.32. The number of hydrogen-bond acceptors (Lipinski definition) is 6. The molecule has 0 saturated heterocycles. The minimum absolute atomic E-state index is 0. The molecule has 0 unspecified atom stereocenters. The summed E-state index contributed by atoms with van der Waals surface area (Å²) < 4.78 is 31.1. The first-order chi connectivity index (χ1) is 15.8. The molecule has 34 heavy (non-hydrogen) atoms. The second-order valence-electron chi connectivity index (χ2n) is 7.40. The fourth-order valence-corrected chi connectivity index (χ4v) is 4.65. The van der Waals surface area contributed by atoms with Crippen molar-refractivity contribution >= 4 is 39.8 Å². The molecule has 3 rings (SSSR count). The highest BCUT2D eigenvalue weighted by atomic mass is 35.5. The highest BCUT2D eigenvalue weighted by Gasteiger charge is 2.18. The maximum atomic E-state index is 12.9. The molecular formula is C24H26Cl2N2O5S. The number of rotatable bonds is 11. The third-order valence-corrected chi connectivity index (χ3v) is 6.89. The normalized spacial score (nSPS) is 11.9. The lowest BCUT2D eigenvalue weighted by molar-refractivity contribution is -0.119. The molecule has 4 N–H and O–H groups in total. The molecule has 182 valence electrons. The molecule has 0 radical (unpaired) electrons. The zero-order valence-corrected chi connectivity index (χ0v) is 20.6. The minimum atomic E-state index is -3.74. The van der Waals surface area contributed by atoms with Crippen LogP contribution in [-0.2, 0) is 21.1 Å². The number of sulfone groups is 1. The Morgan fingerprint density at radius 2 is 1.74 bits per heavy atom. The van der Waals surface area contributed by atoms with E-state index < -0.39 is 21.8 Å². The molecule has 1 amide bonds. The van der Waals surface area contributed by atoms with Gasteiger partial charge in [-0.1, -0.05) is 41.9 Å². The Hall–Kier alpha value is -2.62. The lowest BCUT2D eigenvalue weighted by Gasteiger charge is -2.13. The molecule has 0 heterocycles. The van der Waals surface area contributed by atoms with E-state index in [0.717, 1.165) is 11.1 Å². The first kappa shape index (κ1) is 27.6. The first-order valence-corrected chi connectivity index (χ1v) is 12.1. The second-order valence-corrected chi connectivity index (χ2v) is 9.79. The SMILES string of the molecule is Cl.NC(=O)COc1cccc(S(=O)(=O)c2ccc(CCNC[C@H](O)c3cccc(Cl)c3)cc2)c1. The summed E-state index contributed by atoms with van der Waals surface area (Å²) >= 11 is 5.95. The summed E-state index contributed by atoms with van der Waals surface area (Å²) in [6.45, 7) is 0.659. The maximum Gasteiger partial charge on any atom is 0.255 e. The molecule has 3 aromatic rings. The maximum absolute atomic E-state index is 12.9. The minimum Gasteiger partial charge on any atom is -0.484 e. The van der Waals surface area contributed by atoms with E-state index in [2.05, 4.69) is 5.32 Å². The molecule has 3 aromatic carbocycles. The molecule has 0 aliphatic heterocycles. The summed E-state index contributed by atoms with van der Waals surface area (Å²) in [5.41, 5.74) is 6.76. The van der Waals surface area contributed by atoms with Gasteiger partial charge in [0, 0.05) is 11.6 Å². The monoisotopic (exact) mass is 524 g/mol. The molecule has 0 bridgehead atoms. The molecule has 0 aliphatic carbocycles. The number of nitrogens with one attached hydrogen (secondary N) is 1. The van der Waals surface area contributed by atoms with Crippen molar-refractivity contribution in [2.24, 2.45) is 5.73 Å². The van der Waals surface area contributed by atoms with Crippen molar-refractivity contribution in [3.05, 3.63) is 88.9 Å². The van der Waals surface area contributed by atoms with Crippen LogP contribution in [-0.4, -0.2) is 39.1 Å². The number of hydrogen-bond donors (Lipinski definition) is 3. The van der Waals surface area contributed by atoms with Crippen molar-refractivity contribution in [2.75, 3.05) is 19.7 Å². The molecule has 10 heteroatoms. The van der Waals surface area contributed by atoms with Crippen molar-refractivity contribution < 1.29 is 23.1 Å². The molecule has 1 atom stereocenters. The predicted molar refractivity (Wildman–Crippen MR) is 133 cm³/mol. The Morgan fingerprint density at radius 1 is 1.03 bits per heavy atom. The van der Waals surface area contributed by atoms with Gasteiger partial charge in [-0.2, -0.15) is 0 Å². The van der Waals surface area contributed by atoms with Crippen molar-refractivity contribution in [1.29, 1.82) is 0 Å². The topological polar surface area (TPSA) is 119 Å². The number of halogens is 2.